The molecule has 0 unspecified atom stereocenters. The Bertz CT molecular complexity index is 1180. The third-order valence-electron chi connectivity index (χ3n) is 5.58. The zero-order valence-corrected chi connectivity index (χ0v) is 18.8. The zero-order valence-electron chi connectivity index (χ0n) is 18.8. The van der Waals surface area contributed by atoms with Gasteiger partial charge in [0.25, 0.3) is 0 Å². The number of hydrogen-bond donors (Lipinski definition) is 0. The van der Waals surface area contributed by atoms with E-state index in [1.54, 1.807) is 0 Å². The van der Waals surface area contributed by atoms with E-state index in [0.717, 1.165) is 5.69 Å². The molecule has 0 amide bonds. The second kappa shape index (κ2) is 9.06. The van der Waals surface area contributed by atoms with Crippen LogP contribution in [-0.4, -0.2) is 0 Å². The van der Waals surface area contributed by atoms with Gasteiger partial charge in [-0.25, -0.2) is 0 Å². The van der Waals surface area contributed by atoms with Gasteiger partial charge in [0, 0.05) is 17.1 Å². The summed E-state index contributed by atoms with van der Waals surface area (Å²) in [5, 5.41) is 0. The summed E-state index contributed by atoms with van der Waals surface area (Å²) < 4.78 is 0. The third kappa shape index (κ3) is 4.95. The highest BCUT2D eigenvalue weighted by Gasteiger charge is 2.14. The van der Waals surface area contributed by atoms with Crippen molar-refractivity contribution < 1.29 is 0 Å². The number of hydrogen-bond acceptors (Lipinski definition) is 1. The van der Waals surface area contributed by atoms with Crippen molar-refractivity contribution in [2.45, 2.75) is 27.7 Å². The van der Waals surface area contributed by atoms with Gasteiger partial charge in [0.1, 0.15) is 0 Å². The van der Waals surface area contributed by atoms with Crippen LogP contribution >= 0.6 is 0 Å². The van der Waals surface area contributed by atoms with Crippen LogP contribution < -0.4 is 4.90 Å². The number of anilines is 3. The van der Waals surface area contributed by atoms with E-state index in [1.165, 1.54) is 44.8 Å². The molecule has 0 spiro atoms. The molecule has 31 heavy (non-hydrogen) atoms. The Kier molecular flexibility index (Phi) is 6.04. The minimum atomic E-state index is 1.16. The molecule has 4 rings (SSSR count). The van der Waals surface area contributed by atoms with Crippen molar-refractivity contribution >= 4 is 29.2 Å². The molecule has 0 aliphatic heterocycles. The average molecular weight is 404 g/mol. The van der Waals surface area contributed by atoms with Crippen molar-refractivity contribution in [2.24, 2.45) is 0 Å². The van der Waals surface area contributed by atoms with Crippen LogP contribution in [0.1, 0.15) is 33.4 Å². The lowest BCUT2D eigenvalue weighted by molar-refractivity contribution is 1.23. The number of benzene rings is 4. The fourth-order valence-corrected chi connectivity index (χ4v) is 3.78. The Morgan fingerprint density at radius 1 is 0.484 bits per heavy atom. The molecule has 0 aliphatic carbocycles. The summed E-state index contributed by atoms with van der Waals surface area (Å²) in [6, 6.07) is 32.7. The SMILES string of the molecule is Cc1ccc(/C=C\c2ccc(N(c3ccc(C)cc3)c3ccc(C)cc3C)cc2)cc1. The Morgan fingerprint density at radius 3 is 1.42 bits per heavy atom. The molecule has 0 atom stereocenters. The number of aryl methyl sites for hydroxylation is 4. The quantitative estimate of drug-likeness (QED) is 0.302. The molecular formula is C30H29N. The van der Waals surface area contributed by atoms with Crippen LogP contribution in [0.4, 0.5) is 17.1 Å². The Morgan fingerprint density at radius 2 is 0.903 bits per heavy atom. The molecule has 0 heterocycles. The van der Waals surface area contributed by atoms with Gasteiger partial charge in [-0.1, -0.05) is 89.5 Å². The first-order valence-corrected chi connectivity index (χ1v) is 10.8. The second-order valence-electron chi connectivity index (χ2n) is 8.30. The topological polar surface area (TPSA) is 3.24 Å². The lowest BCUT2D eigenvalue weighted by Crippen LogP contribution is -2.11. The van der Waals surface area contributed by atoms with Crippen LogP contribution in [0.2, 0.25) is 0 Å². The van der Waals surface area contributed by atoms with E-state index in [0.29, 0.717) is 0 Å². The highest BCUT2D eigenvalue weighted by molar-refractivity contribution is 5.79. The Labute approximate surface area is 186 Å². The van der Waals surface area contributed by atoms with Crippen LogP contribution in [0.3, 0.4) is 0 Å². The van der Waals surface area contributed by atoms with E-state index in [-0.39, 0.29) is 0 Å². The highest BCUT2D eigenvalue weighted by atomic mass is 15.1. The fraction of sp³-hybridized carbons (Fsp3) is 0.133. The Hall–Kier alpha value is -3.58. The molecule has 0 saturated carbocycles. The lowest BCUT2D eigenvalue weighted by Gasteiger charge is -2.27. The Balaban J connectivity index is 1.68. The maximum Gasteiger partial charge on any atom is 0.0490 e. The normalized spacial score (nSPS) is 11.1. The van der Waals surface area contributed by atoms with E-state index in [4.69, 9.17) is 0 Å². The van der Waals surface area contributed by atoms with Crippen molar-refractivity contribution in [3.63, 3.8) is 0 Å². The largest absolute Gasteiger partial charge is 0.310 e. The van der Waals surface area contributed by atoms with Crippen LogP contribution in [-0.2, 0) is 0 Å². The van der Waals surface area contributed by atoms with Crippen molar-refractivity contribution in [3.05, 3.63) is 124 Å². The molecule has 4 aromatic rings. The molecule has 4 aromatic carbocycles. The predicted molar refractivity (Wildman–Crippen MR) is 135 cm³/mol. The smallest absolute Gasteiger partial charge is 0.0490 e. The van der Waals surface area contributed by atoms with Gasteiger partial charge in [-0.05, 0) is 74.7 Å². The van der Waals surface area contributed by atoms with Gasteiger partial charge in [-0.3, -0.25) is 0 Å². The van der Waals surface area contributed by atoms with Gasteiger partial charge in [-0.2, -0.15) is 0 Å². The molecule has 0 saturated heterocycles. The first kappa shape index (κ1) is 20.7. The first-order chi connectivity index (χ1) is 15.0. The van der Waals surface area contributed by atoms with E-state index in [1.807, 2.05) is 0 Å². The van der Waals surface area contributed by atoms with Gasteiger partial charge in [-0.15, -0.1) is 0 Å². The summed E-state index contributed by atoms with van der Waals surface area (Å²) in [4.78, 5) is 2.34. The van der Waals surface area contributed by atoms with Gasteiger partial charge in [0.2, 0.25) is 0 Å². The molecule has 0 radical (unpaired) electrons. The molecule has 1 nitrogen and oxygen atoms in total. The predicted octanol–water partition coefficient (Wildman–Crippen LogP) is 8.56. The molecule has 0 aromatic heterocycles. The second-order valence-corrected chi connectivity index (χ2v) is 8.30. The van der Waals surface area contributed by atoms with Crippen molar-refractivity contribution in [1.29, 1.82) is 0 Å². The van der Waals surface area contributed by atoms with Gasteiger partial charge >= 0.3 is 0 Å². The van der Waals surface area contributed by atoms with Crippen LogP contribution in [0.5, 0.6) is 0 Å². The van der Waals surface area contributed by atoms with Gasteiger partial charge in [0.05, 0.1) is 0 Å². The highest BCUT2D eigenvalue weighted by Crippen LogP contribution is 2.37. The summed E-state index contributed by atoms with van der Waals surface area (Å²) in [5.41, 5.74) is 11.0. The van der Waals surface area contributed by atoms with E-state index < -0.39 is 0 Å². The first-order valence-electron chi connectivity index (χ1n) is 10.8. The maximum atomic E-state index is 2.34. The minimum Gasteiger partial charge on any atom is -0.310 e. The van der Waals surface area contributed by atoms with Crippen molar-refractivity contribution in [2.75, 3.05) is 4.90 Å². The monoisotopic (exact) mass is 403 g/mol. The average Bonchev–Trinajstić information content (AvgIpc) is 2.77. The summed E-state index contributed by atoms with van der Waals surface area (Å²) in [6.45, 7) is 8.56. The van der Waals surface area contributed by atoms with E-state index in [2.05, 4.69) is 136 Å². The van der Waals surface area contributed by atoms with Crippen molar-refractivity contribution in [1.82, 2.24) is 0 Å². The fourth-order valence-electron chi connectivity index (χ4n) is 3.78. The van der Waals surface area contributed by atoms with Gasteiger partial charge < -0.3 is 4.90 Å². The zero-order chi connectivity index (χ0) is 21.8. The standard InChI is InChI=1S/C30H29N/c1-22-5-10-26(11-6-22)12-13-27-14-18-29(19-15-27)31(28-16-7-23(2)8-17-28)30-20-9-24(3)21-25(30)4/h5-21H,1-4H3/b13-12-. The van der Waals surface area contributed by atoms with E-state index in [9.17, 15) is 0 Å². The van der Waals surface area contributed by atoms with Crippen LogP contribution in [0.15, 0.2) is 91.0 Å². The molecular weight excluding hydrogens is 374 g/mol. The molecule has 154 valence electrons. The molecule has 0 bridgehead atoms. The van der Waals surface area contributed by atoms with Crippen LogP contribution in [0.25, 0.3) is 12.2 Å². The maximum absolute atomic E-state index is 2.34. The van der Waals surface area contributed by atoms with Crippen LogP contribution in [0, 0.1) is 27.7 Å². The number of rotatable bonds is 5. The van der Waals surface area contributed by atoms with Crippen molar-refractivity contribution in [3.8, 4) is 0 Å². The third-order valence-corrected chi connectivity index (χ3v) is 5.58. The summed E-state index contributed by atoms with van der Waals surface area (Å²) in [5.74, 6) is 0. The summed E-state index contributed by atoms with van der Waals surface area (Å²) in [6.07, 6.45) is 4.33. The number of nitrogens with zero attached hydrogens (tertiary/aromatic N) is 1. The molecule has 0 N–H and O–H groups in total. The molecule has 0 aliphatic rings. The van der Waals surface area contributed by atoms with Gasteiger partial charge in [0.15, 0.2) is 0 Å². The summed E-state index contributed by atoms with van der Waals surface area (Å²) >= 11 is 0. The minimum absolute atomic E-state index is 1.16. The summed E-state index contributed by atoms with van der Waals surface area (Å²) in [7, 11) is 0. The lowest BCUT2D eigenvalue weighted by atomic mass is 10.1. The van der Waals surface area contributed by atoms with E-state index >= 15 is 0 Å². The molecule has 1 heteroatoms. The molecule has 0 fully saturated rings.